The molecule has 0 aliphatic carbocycles. The van der Waals surface area contributed by atoms with Crippen molar-refractivity contribution in [1.82, 2.24) is 9.97 Å². The molecule has 6 nitrogen and oxygen atoms in total. The quantitative estimate of drug-likeness (QED) is 0.789. The Morgan fingerprint density at radius 3 is 2.56 bits per heavy atom. The van der Waals surface area contributed by atoms with Gasteiger partial charge >= 0.3 is 0 Å². The van der Waals surface area contributed by atoms with Gasteiger partial charge in [-0.05, 0) is 31.4 Å². The molecule has 3 N–H and O–H groups in total. The van der Waals surface area contributed by atoms with Gasteiger partial charge in [-0.2, -0.15) is 4.98 Å². The topological polar surface area (TPSA) is 98.0 Å². The van der Waals surface area contributed by atoms with Gasteiger partial charge in [0.1, 0.15) is 9.84 Å². The van der Waals surface area contributed by atoms with Crippen molar-refractivity contribution in [3.05, 3.63) is 11.0 Å². The van der Waals surface area contributed by atoms with E-state index in [2.05, 4.69) is 15.3 Å². The van der Waals surface area contributed by atoms with Gasteiger partial charge < -0.3 is 11.1 Å². The Kier molecular flexibility index (Phi) is 3.63. The molecular formula is C10H15ClN4O2S. The van der Waals surface area contributed by atoms with Crippen molar-refractivity contribution in [1.29, 1.82) is 0 Å². The SMILES string of the molecule is Cc1nc(Cl)nc(NC2CCS(=O)(=O)CC2)c1N. The van der Waals surface area contributed by atoms with Crippen molar-refractivity contribution in [2.24, 2.45) is 0 Å². The van der Waals surface area contributed by atoms with E-state index >= 15 is 0 Å². The Morgan fingerprint density at radius 1 is 1.33 bits per heavy atom. The molecule has 0 atom stereocenters. The van der Waals surface area contributed by atoms with Crippen LogP contribution in [0.5, 0.6) is 0 Å². The van der Waals surface area contributed by atoms with Gasteiger partial charge in [-0.15, -0.1) is 0 Å². The third-order valence-corrected chi connectivity index (χ3v) is 4.89. The molecule has 0 amide bonds. The summed E-state index contributed by atoms with van der Waals surface area (Å²) in [6.07, 6.45) is 1.12. The molecule has 0 unspecified atom stereocenters. The molecule has 2 heterocycles. The number of nitrogen functional groups attached to an aromatic ring is 1. The van der Waals surface area contributed by atoms with Gasteiger partial charge in [0.15, 0.2) is 5.82 Å². The van der Waals surface area contributed by atoms with Crippen LogP contribution >= 0.6 is 11.6 Å². The van der Waals surface area contributed by atoms with Crippen LogP contribution in [-0.2, 0) is 9.84 Å². The lowest BCUT2D eigenvalue weighted by molar-refractivity contribution is 0.559. The molecule has 1 saturated heterocycles. The summed E-state index contributed by atoms with van der Waals surface area (Å²) in [7, 11) is -2.86. The van der Waals surface area contributed by atoms with E-state index < -0.39 is 9.84 Å². The first-order chi connectivity index (χ1) is 8.37. The van der Waals surface area contributed by atoms with Crippen molar-refractivity contribution in [3.63, 3.8) is 0 Å². The molecule has 1 aromatic heterocycles. The van der Waals surface area contributed by atoms with Crippen LogP contribution in [0.15, 0.2) is 0 Å². The second kappa shape index (κ2) is 4.89. The van der Waals surface area contributed by atoms with E-state index in [4.69, 9.17) is 17.3 Å². The predicted molar refractivity (Wildman–Crippen MR) is 71.5 cm³/mol. The lowest BCUT2D eigenvalue weighted by atomic mass is 10.1. The maximum absolute atomic E-state index is 11.3. The van der Waals surface area contributed by atoms with E-state index in [0.29, 0.717) is 30.0 Å². The minimum atomic E-state index is -2.86. The number of nitrogens with one attached hydrogen (secondary N) is 1. The number of halogens is 1. The average Bonchev–Trinajstić information content (AvgIpc) is 2.28. The van der Waals surface area contributed by atoms with E-state index in [1.165, 1.54) is 0 Å². The van der Waals surface area contributed by atoms with E-state index in [-0.39, 0.29) is 22.8 Å². The van der Waals surface area contributed by atoms with Crippen LogP contribution in [-0.4, -0.2) is 35.9 Å². The molecule has 100 valence electrons. The monoisotopic (exact) mass is 290 g/mol. The molecule has 1 fully saturated rings. The predicted octanol–water partition coefficient (Wildman–Crippen LogP) is 1.01. The van der Waals surface area contributed by atoms with Gasteiger partial charge in [0.05, 0.1) is 22.9 Å². The number of aryl methyl sites for hydroxylation is 1. The maximum atomic E-state index is 11.3. The van der Waals surface area contributed by atoms with Gasteiger partial charge in [0.2, 0.25) is 5.28 Å². The van der Waals surface area contributed by atoms with Crippen molar-refractivity contribution in [2.75, 3.05) is 22.6 Å². The molecule has 18 heavy (non-hydrogen) atoms. The highest BCUT2D eigenvalue weighted by Crippen LogP contribution is 2.24. The molecule has 2 rings (SSSR count). The van der Waals surface area contributed by atoms with Crippen molar-refractivity contribution in [2.45, 2.75) is 25.8 Å². The first kappa shape index (κ1) is 13.4. The lowest BCUT2D eigenvalue weighted by Crippen LogP contribution is -2.32. The zero-order valence-corrected chi connectivity index (χ0v) is 11.6. The summed E-state index contributed by atoms with van der Waals surface area (Å²) in [6.45, 7) is 1.75. The summed E-state index contributed by atoms with van der Waals surface area (Å²) in [5.74, 6) is 0.877. The van der Waals surface area contributed by atoms with E-state index in [1.54, 1.807) is 6.92 Å². The largest absolute Gasteiger partial charge is 0.394 e. The van der Waals surface area contributed by atoms with Gasteiger partial charge in [0.25, 0.3) is 0 Å². The first-order valence-corrected chi connectivity index (χ1v) is 7.84. The van der Waals surface area contributed by atoms with Gasteiger partial charge in [-0.1, -0.05) is 0 Å². The molecule has 0 saturated carbocycles. The summed E-state index contributed by atoms with van der Waals surface area (Å²) in [6, 6.07) is 0.0567. The van der Waals surface area contributed by atoms with Crippen LogP contribution in [0.25, 0.3) is 0 Å². The van der Waals surface area contributed by atoms with Crippen LogP contribution in [0.1, 0.15) is 18.5 Å². The fraction of sp³-hybridized carbons (Fsp3) is 0.600. The molecule has 1 aliphatic rings. The highest BCUT2D eigenvalue weighted by atomic mass is 35.5. The highest BCUT2D eigenvalue weighted by Gasteiger charge is 2.24. The summed E-state index contributed by atoms with van der Waals surface area (Å²) >= 11 is 5.77. The molecule has 8 heteroatoms. The summed E-state index contributed by atoms with van der Waals surface area (Å²) in [5.41, 5.74) is 6.92. The van der Waals surface area contributed by atoms with Crippen LogP contribution in [0.4, 0.5) is 11.5 Å². The second-order valence-electron chi connectivity index (χ2n) is 4.41. The Hall–Kier alpha value is -1.08. The minimum Gasteiger partial charge on any atom is -0.394 e. The Labute approximate surface area is 111 Å². The van der Waals surface area contributed by atoms with E-state index in [9.17, 15) is 8.42 Å². The minimum absolute atomic E-state index is 0.0567. The summed E-state index contributed by atoms with van der Waals surface area (Å²) < 4.78 is 22.6. The van der Waals surface area contributed by atoms with Crippen LogP contribution in [0.3, 0.4) is 0 Å². The van der Waals surface area contributed by atoms with Crippen molar-refractivity contribution in [3.8, 4) is 0 Å². The third kappa shape index (κ3) is 3.02. The van der Waals surface area contributed by atoms with Crippen molar-refractivity contribution < 1.29 is 8.42 Å². The Balaban J connectivity index is 2.11. The number of rotatable bonds is 2. The number of hydrogen-bond donors (Lipinski definition) is 2. The van der Waals surface area contributed by atoms with E-state index in [0.717, 1.165) is 0 Å². The van der Waals surface area contributed by atoms with Crippen LogP contribution in [0, 0.1) is 6.92 Å². The smallest absolute Gasteiger partial charge is 0.224 e. The summed E-state index contributed by atoms with van der Waals surface area (Å²) in [4.78, 5) is 7.98. The van der Waals surface area contributed by atoms with Gasteiger partial charge in [-0.3, -0.25) is 0 Å². The number of nitrogens with two attached hydrogens (primary N) is 1. The van der Waals surface area contributed by atoms with Gasteiger partial charge in [0, 0.05) is 6.04 Å². The number of sulfone groups is 1. The lowest BCUT2D eigenvalue weighted by Gasteiger charge is -2.24. The van der Waals surface area contributed by atoms with E-state index in [1.807, 2.05) is 0 Å². The fourth-order valence-corrected chi connectivity index (χ4v) is 3.59. The van der Waals surface area contributed by atoms with Crippen LogP contribution < -0.4 is 11.1 Å². The Bertz CT molecular complexity index is 547. The van der Waals surface area contributed by atoms with Crippen LogP contribution in [0.2, 0.25) is 5.28 Å². The zero-order chi connectivity index (χ0) is 13.3. The standard InChI is InChI=1S/C10H15ClN4O2S/c1-6-8(12)9(15-10(11)13-6)14-7-2-4-18(16,17)5-3-7/h7H,2-5,12H2,1H3,(H,13,14,15). The zero-order valence-electron chi connectivity index (χ0n) is 9.98. The Morgan fingerprint density at radius 2 is 1.94 bits per heavy atom. The number of nitrogens with zero attached hydrogens (tertiary/aromatic N) is 2. The summed E-state index contributed by atoms with van der Waals surface area (Å²) in [5, 5.41) is 3.28. The highest BCUT2D eigenvalue weighted by molar-refractivity contribution is 7.91. The molecule has 1 aromatic rings. The molecule has 1 aliphatic heterocycles. The van der Waals surface area contributed by atoms with Crippen molar-refractivity contribution >= 4 is 32.9 Å². The third-order valence-electron chi connectivity index (χ3n) is 3.00. The van der Waals surface area contributed by atoms with Gasteiger partial charge in [-0.25, -0.2) is 13.4 Å². The fourth-order valence-electron chi connectivity index (χ4n) is 1.89. The number of hydrogen-bond acceptors (Lipinski definition) is 6. The molecule has 0 radical (unpaired) electrons. The molecule has 0 spiro atoms. The number of aromatic nitrogens is 2. The second-order valence-corrected chi connectivity index (χ2v) is 7.05. The normalized spacial score (nSPS) is 19.7. The molecule has 0 aromatic carbocycles. The molecule has 0 bridgehead atoms. The molecular weight excluding hydrogens is 276 g/mol. The number of anilines is 2. The average molecular weight is 291 g/mol. The maximum Gasteiger partial charge on any atom is 0.224 e. The first-order valence-electron chi connectivity index (χ1n) is 5.64.